The van der Waals surface area contributed by atoms with Crippen molar-refractivity contribution in [3.05, 3.63) is 16.1 Å². The van der Waals surface area contributed by atoms with E-state index in [1.165, 1.54) is 5.01 Å². The predicted molar refractivity (Wildman–Crippen MR) is 62.1 cm³/mol. The van der Waals surface area contributed by atoms with E-state index >= 15 is 0 Å². The summed E-state index contributed by atoms with van der Waals surface area (Å²) in [6.45, 7) is 2.14. The van der Waals surface area contributed by atoms with Crippen molar-refractivity contribution in [2.45, 2.75) is 38.4 Å². The Bertz CT molecular complexity index is 302. The number of aromatic nitrogens is 1. The van der Waals surface area contributed by atoms with Crippen LogP contribution >= 0.6 is 27.3 Å². The summed E-state index contributed by atoms with van der Waals surface area (Å²) in [5, 5.41) is 4.29. The Labute approximate surface area is 96.8 Å². The Morgan fingerprint density at radius 1 is 1.64 bits per heavy atom. The molecule has 1 saturated heterocycles. The molecular weight excluding hydrogens is 262 g/mol. The van der Waals surface area contributed by atoms with E-state index in [0.29, 0.717) is 6.10 Å². The standard InChI is InChI=1S/C10H14BrNOS/c1-2-10-12-8(6-14-10)9-4-3-7(5-11)13-9/h6-7,9H,2-5H2,1H3. The summed E-state index contributed by atoms with van der Waals surface area (Å²) in [7, 11) is 0. The third-order valence-corrected chi connectivity index (χ3v) is 4.22. The fraction of sp³-hybridized carbons (Fsp3) is 0.700. The Morgan fingerprint density at radius 2 is 2.50 bits per heavy atom. The molecule has 2 heterocycles. The lowest BCUT2D eigenvalue weighted by Crippen LogP contribution is -2.07. The van der Waals surface area contributed by atoms with Crippen molar-refractivity contribution in [1.29, 1.82) is 0 Å². The van der Waals surface area contributed by atoms with Crippen LogP contribution in [0.5, 0.6) is 0 Å². The zero-order valence-corrected chi connectivity index (χ0v) is 10.6. The first-order chi connectivity index (χ1) is 6.83. The van der Waals surface area contributed by atoms with E-state index in [2.05, 4.69) is 33.2 Å². The first kappa shape index (κ1) is 10.6. The van der Waals surface area contributed by atoms with Gasteiger partial charge in [-0.15, -0.1) is 11.3 Å². The van der Waals surface area contributed by atoms with Crippen molar-refractivity contribution < 1.29 is 4.74 Å². The highest BCUT2D eigenvalue weighted by molar-refractivity contribution is 9.09. The number of alkyl halides is 1. The summed E-state index contributed by atoms with van der Waals surface area (Å²) in [5.74, 6) is 0. The molecule has 0 bridgehead atoms. The third kappa shape index (κ3) is 2.18. The van der Waals surface area contributed by atoms with Crippen LogP contribution in [-0.2, 0) is 11.2 Å². The van der Waals surface area contributed by atoms with Crippen LogP contribution in [-0.4, -0.2) is 16.4 Å². The fourth-order valence-corrected chi connectivity index (χ4v) is 2.93. The summed E-state index contributed by atoms with van der Waals surface area (Å²) in [5.41, 5.74) is 1.13. The molecule has 0 radical (unpaired) electrons. The van der Waals surface area contributed by atoms with Gasteiger partial charge < -0.3 is 4.74 Å². The van der Waals surface area contributed by atoms with Crippen molar-refractivity contribution in [2.75, 3.05) is 5.33 Å². The number of hydrogen-bond donors (Lipinski definition) is 0. The van der Waals surface area contributed by atoms with E-state index < -0.39 is 0 Å². The van der Waals surface area contributed by atoms with Crippen molar-refractivity contribution in [3.63, 3.8) is 0 Å². The first-order valence-electron chi connectivity index (χ1n) is 4.99. The molecule has 2 nitrogen and oxygen atoms in total. The highest BCUT2D eigenvalue weighted by Crippen LogP contribution is 2.33. The van der Waals surface area contributed by atoms with Crippen LogP contribution in [0.4, 0.5) is 0 Å². The highest BCUT2D eigenvalue weighted by atomic mass is 79.9. The zero-order valence-electron chi connectivity index (χ0n) is 8.20. The average molecular weight is 276 g/mol. The minimum Gasteiger partial charge on any atom is -0.368 e. The summed E-state index contributed by atoms with van der Waals surface area (Å²) in [4.78, 5) is 4.56. The van der Waals surface area contributed by atoms with Gasteiger partial charge in [-0.25, -0.2) is 4.98 Å². The summed E-state index contributed by atoms with van der Waals surface area (Å²) < 4.78 is 5.85. The van der Waals surface area contributed by atoms with Gasteiger partial charge >= 0.3 is 0 Å². The number of aryl methyl sites for hydroxylation is 1. The minimum atomic E-state index is 0.245. The zero-order chi connectivity index (χ0) is 9.97. The van der Waals surface area contributed by atoms with Gasteiger partial charge in [-0.3, -0.25) is 0 Å². The van der Waals surface area contributed by atoms with Crippen LogP contribution in [0.15, 0.2) is 5.38 Å². The number of ether oxygens (including phenoxy) is 1. The molecule has 0 saturated carbocycles. The van der Waals surface area contributed by atoms with Crippen molar-refractivity contribution >= 4 is 27.3 Å². The van der Waals surface area contributed by atoms with Crippen LogP contribution in [0.3, 0.4) is 0 Å². The third-order valence-electron chi connectivity index (χ3n) is 2.48. The topological polar surface area (TPSA) is 22.1 Å². The van der Waals surface area contributed by atoms with Crippen molar-refractivity contribution in [3.8, 4) is 0 Å². The molecular formula is C10H14BrNOS. The molecule has 2 rings (SSSR count). The van der Waals surface area contributed by atoms with E-state index in [9.17, 15) is 0 Å². The lowest BCUT2D eigenvalue weighted by atomic mass is 10.2. The molecule has 14 heavy (non-hydrogen) atoms. The van der Waals surface area contributed by atoms with Gasteiger partial charge in [0, 0.05) is 10.7 Å². The van der Waals surface area contributed by atoms with Gasteiger partial charge in [-0.2, -0.15) is 0 Å². The Morgan fingerprint density at radius 3 is 3.07 bits per heavy atom. The molecule has 0 N–H and O–H groups in total. The predicted octanol–water partition coefficient (Wildman–Crippen LogP) is 3.32. The van der Waals surface area contributed by atoms with Gasteiger partial charge in [0.15, 0.2) is 0 Å². The molecule has 0 aromatic carbocycles. The van der Waals surface area contributed by atoms with Crippen LogP contribution in [0.1, 0.15) is 36.6 Å². The first-order valence-corrected chi connectivity index (χ1v) is 6.99. The maximum atomic E-state index is 5.85. The fourth-order valence-electron chi connectivity index (χ4n) is 1.67. The smallest absolute Gasteiger partial charge is 0.101 e. The molecule has 2 unspecified atom stereocenters. The maximum absolute atomic E-state index is 5.85. The molecule has 1 fully saturated rings. The van der Waals surface area contributed by atoms with Crippen molar-refractivity contribution in [2.24, 2.45) is 0 Å². The average Bonchev–Trinajstić information content (AvgIpc) is 2.86. The Hall–Kier alpha value is 0.0700. The number of nitrogens with zero attached hydrogens (tertiary/aromatic N) is 1. The van der Waals surface area contributed by atoms with E-state index in [-0.39, 0.29) is 6.10 Å². The summed E-state index contributed by atoms with van der Waals surface area (Å²) >= 11 is 5.19. The van der Waals surface area contributed by atoms with Gasteiger partial charge in [0.2, 0.25) is 0 Å². The molecule has 0 spiro atoms. The molecule has 2 atom stereocenters. The minimum absolute atomic E-state index is 0.245. The number of hydrogen-bond acceptors (Lipinski definition) is 3. The molecule has 1 aromatic heterocycles. The van der Waals surface area contributed by atoms with Crippen LogP contribution < -0.4 is 0 Å². The lowest BCUT2D eigenvalue weighted by Gasteiger charge is -2.08. The van der Waals surface area contributed by atoms with Crippen LogP contribution in [0.25, 0.3) is 0 Å². The van der Waals surface area contributed by atoms with Gasteiger partial charge in [0.05, 0.1) is 16.8 Å². The van der Waals surface area contributed by atoms with Gasteiger partial charge in [-0.1, -0.05) is 22.9 Å². The van der Waals surface area contributed by atoms with Gasteiger partial charge in [0.25, 0.3) is 0 Å². The monoisotopic (exact) mass is 275 g/mol. The highest BCUT2D eigenvalue weighted by Gasteiger charge is 2.27. The van der Waals surface area contributed by atoms with Crippen molar-refractivity contribution in [1.82, 2.24) is 4.98 Å². The van der Waals surface area contributed by atoms with Gasteiger partial charge in [-0.05, 0) is 19.3 Å². The summed E-state index contributed by atoms with van der Waals surface area (Å²) in [6.07, 6.45) is 3.91. The summed E-state index contributed by atoms with van der Waals surface area (Å²) in [6, 6.07) is 0. The van der Waals surface area contributed by atoms with Crippen LogP contribution in [0, 0.1) is 0 Å². The molecule has 1 aliphatic rings. The van der Waals surface area contributed by atoms with Crippen LogP contribution in [0.2, 0.25) is 0 Å². The number of halogens is 1. The Balaban J connectivity index is 2.02. The second-order valence-corrected chi connectivity index (χ2v) is 5.09. The second kappa shape index (κ2) is 4.73. The molecule has 4 heteroatoms. The quantitative estimate of drug-likeness (QED) is 0.790. The molecule has 78 valence electrons. The normalized spacial score (nSPS) is 27.0. The molecule has 0 amide bonds. The molecule has 1 aliphatic heterocycles. The van der Waals surface area contributed by atoms with E-state index in [1.54, 1.807) is 11.3 Å². The maximum Gasteiger partial charge on any atom is 0.101 e. The largest absolute Gasteiger partial charge is 0.368 e. The molecule has 0 aliphatic carbocycles. The van der Waals surface area contributed by atoms with E-state index in [0.717, 1.165) is 30.3 Å². The molecule has 1 aromatic rings. The number of thiazole rings is 1. The van der Waals surface area contributed by atoms with Gasteiger partial charge in [0.1, 0.15) is 6.10 Å². The Kier molecular flexibility index (Phi) is 3.57. The SMILES string of the molecule is CCc1nc(C2CCC(CBr)O2)cs1. The lowest BCUT2D eigenvalue weighted by molar-refractivity contribution is 0.0566. The second-order valence-electron chi connectivity index (χ2n) is 3.50. The number of rotatable bonds is 3. The van der Waals surface area contributed by atoms with E-state index in [1.807, 2.05) is 0 Å². The van der Waals surface area contributed by atoms with E-state index in [4.69, 9.17) is 4.74 Å².